The van der Waals surface area contributed by atoms with Gasteiger partial charge in [0, 0.05) is 62.0 Å². The summed E-state index contributed by atoms with van der Waals surface area (Å²) in [5.74, 6) is -0.190. The maximum absolute atomic E-state index is 13.3. The Balaban J connectivity index is 0.983. The summed E-state index contributed by atoms with van der Waals surface area (Å²) in [6.07, 6.45) is 9.29. The van der Waals surface area contributed by atoms with E-state index in [2.05, 4.69) is 112 Å². The summed E-state index contributed by atoms with van der Waals surface area (Å²) in [5.41, 5.74) is 17.7. The fraction of sp³-hybridized carbons (Fsp3) is 0.100. The molecule has 1 aliphatic carbocycles. The van der Waals surface area contributed by atoms with Crippen LogP contribution in [0.25, 0.3) is 90.9 Å². The Morgan fingerprint density at radius 3 is 1.40 bits per heavy atom. The first-order chi connectivity index (χ1) is 33.4. The fourth-order valence-corrected chi connectivity index (χ4v) is 9.74. The van der Waals surface area contributed by atoms with E-state index in [1.165, 1.54) is 0 Å². The molecule has 0 radical (unpaired) electrons. The summed E-state index contributed by atoms with van der Waals surface area (Å²) in [5, 5.41) is 16.1. The van der Waals surface area contributed by atoms with Crippen LogP contribution in [0.5, 0.6) is 0 Å². The number of carbonyl (C=O) groups excluding carboxylic acids is 2. The number of nitrogens with one attached hydrogen (secondary N) is 3. The second-order valence-corrected chi connectivity index (χ2v) is 17.4. The number of benzene rings is 5. The van der Waals surface area contributed by atoms with Crippen molar-refractivity contribution in [3.63, 3.8) is 0 Å². The molecule has 5 heterocycles. The lowest BCUT2D eigenvalue weighted by molar-refractivity contribution is -0.413. The molecular formula is C60H46N5O3-. The molecule has 3 N–H and O–H groups in total. The average Bonchev–Trinajstić information content (AvgIpc) is 4.23. The van der Waals surface area contributed by atoms with Gasteiger partial charge in [0.15, 0.2) is 5.78 Å². The van der Waals surface area contributed by atoms with E-state index in [0.717, 1.165) is 89.4 Å². The SMILES string of the molecule is CC1=C(CCCCC(=O)Nc2ccc(-c3c4nc(c(-c5ccccc5)c5ccc([nH]5)c(-c5ccccc5)c5nc(c(-c6ccccc6)c6ccc3[nH]6)C=C5)C=C4)cc2)C(=O)c2ccccc2C1[O-]. The smallest absolute Gasteiger partial charge is 0.224 e. The Hall–Kier alpha value is -8.46. The van der Waals surface area contributed by atoms with Crippen molar-refractivity contribution in [3.8, 4) is 44.5 Å². The van der Waals surface area contributed by atoms with Crippen LogP contribution in [0.2, 0.25) is 0 Å². The second kappa shape index (κ2) is 18.1. The number of allylic oxidation sites excluding steroid dienone is 1. The zero-order valence-corrected chi connectivity index (χ0v) is 37.4. The number of amides is 1. The number of carbonyl (C=O) groups is 2. The lowest BCUT2D eigenvalue weighted by atomic mass is 9.82. The topological polar surface area (TPSA) is 127 Å². The highest BCUT2D eigenvalue weighted by Crippen LogP contribution is 2.39. The molecule has 2 aliphatic heterocycles. The highest BCUT2D eigenvalue weighted by Gasteiger charge is 2.25. The van der Waals surface area contributed by atoms with Gasteiger partial charge in [0.05, 0.1) is 22.8 Å². The molecule has 1 unspecified atom stereocenters. The van der Waals surface area contributed by atoms with Crippen LogP contribution in [0.3, 0.4) is 0 Å². The Labute approximate surface area is 394 Å². The Morgan fingerprint density at radius 2 is 0.941 bits per heavy atom. The van der Waals surface area contributed by atoms with Crippen molar-refractivity contribution >= 4 is 63.7 Å². The van der Waals surface area contributed by atoms with Crippen LogP contribution >= 0.6 is 0 Å². The molecule has 3 aromatic heterocycles. The Kier molecular flexibility index (Phi) is 11.2. The number of hydrogen-bond donors (Lipinski definition) is 3. The summed E-state index contributed by atoms with van der Waals surface area (Å²) in [6.45, 7) is 1.76. The van der Waals surface area contributed by atoms with E-state index in [9.17, 15) is 14.7 Å². The first kappa shape index (κ1) is 42.2. The fourth-order valence-electron chi connectivity index (χ4n) is 9.74. The van der Waals surface area contributed by atoms with Gasteiger partial charge in [-0.3, -0.25) is 9.59 Å². The first-order valence-corrected chi connectivity index (χ1v) is 23.1. The van der Waals surface area contributed by atoms with Crippen LogP contribution < -0.4 is 10.4 Å². The number of nitrogens with zero attached hydrogens (tertiary/aromatic N) is 2. The molecule has 8 heteroatoms. The van der Waals surface area contributed by atoms with E-state index < -0.39 is 6.10 Å². The highest BCUT2D eigenvalue weighted by molar-refractivity contribution is 6.11. The molecule has 8 nitrogen and oxygen atoms in total. The number of rotatable bonds is 10. The number of ketones is 1. The number of fused-ring (bicyclic) bond motifs is 9. The minimum atomic E-state index is -1.04. The molecule has 0 spiro atoms. The zero-order valence-electron chi connectivity index (χ0n) is 37.4. The van der Waals surface area contributed by atoms with Gasteiger partial charge in [0.25, 0.3) is 0 Å². The number of aromatic amines is 2. The maximum atomic E-state index is 13.3. The average molecular weight is 885 g/mol. The number of H-pyrrole nitrogens is 2. The third kappa shape index (κ3) is 8.01. The standard InChI is InChI=1S/C60H46N5O3/c1-37-43(60(68)45-23-12-11-22-44(45)59(37)67)21-13-14-24-54(66)61-42-27-25-41(26-28-42)58-52-35-33-50(64-52)56(39-17-7-3-8-18-39)48-31-29-46(62-48)55(38-15-5-2-6-16-38)47-30-32-49(63-47)57(40-19-9-4-10-20-40)51-34-36-53(58)65-51/h2-12,15-20,22-23,25-36,59,62,65H,13-14,21,24H2,1H3,(H,61,66)/q-1. The van der Waals surface area contributed by atoms with Gasteiger partial charge >= 0.3 is 0 Å². The van der Waals surface area contributed by atoms with Crippen LogP contribution in [0, 0.1) is 0 Å². The molecule has 330 valence electrons. The lowest BCUT2D eigenvalue weighted by Crippen LogP contribution is -2.27. The van der Waals surface area contributed by atoms with Gasteiger partial charge in [0.1, 0.15) is 0 Å². The summed E-state index contributed by atoms with van der Waals surface area (Å²) >= 11 is 0. The van der Waals surface area contributed by atoms with Crippen LogP contribution in [-0.4, -0.2) is 31.6 Å². The molecule has 8 bridgehead atoms. The molecule has 0 fully saturated rings. The van der Waals surface area contributed by atoms with Gasteiger partial charge in [-0.05, 0) is 120 Å². The van der Waals surface area contributed by atoms with Gasteiger partial charge in [-0.25, -0.2) is 9.97 Å². The quantitative estimate of drug-likeness (QED) is 0.118. The molecule has 5 aromatic carbocycles. The molecular weight excluding hydrogens is 839 g/mol. The van der Waals surface area contributed by atoms with Crippen LogP contribution in [0.15, 0.2) is 175 Å². The van der Waals surface area contributed by atoms with Crippen molar-refractivity contribution in [1.82, 2.24) is 19.9 Å². The minimum absolute atomic E-state index is 0.0765. The van der Waals surface area contributed by atoms with E-state index in [1.54, 1.807) is 31.2 Å². The van der Waals surface area contributed by atoms with Gasteiger partial charge in [-0.1, -0.05) is 139 Å². The van der Waals surface area contributed by atoms with Crippen molar-refractivity contribution in [2.75, 3.05) is 5.32 Å². The third-order valence-corrected chi connectivity index (χ3v) is 13.1. The molecule has 0 saturated carbocycles. The number of Topliss-reactive ketones (excluding diaryl/α,β-unsaturated/α-hetero) is 1. The molecule has 0 saturated heterocycles. The molecule has 68 heavy (non-hydrogen) atoms. The number of unbranched alkanes of at least 4 members (excludes halogenated alkanes) is 1. The van der Waals surface area contributed by atoms with Crippen molar-refractivity contribution in [3.05, 3.63) is 209 Å². The molecule has 8 aromatic rings. The van der Waals surface area contributed by atoms with Gasteiger partial charge < -0.3 is 20.4 Å². The van der Waals surface area contributed by atoms with Crippen molar-refractivity contribution in [2.45, 2.75) is 38.7 Å². The van der Waals surface area contributed by atoms with Gasteiger partial charge in [0.2, 0.25) is 5.91 Å². The van der Waals surface area contributed by atoms with Crippen LogP contribution in [0.4, 0.5) is 5.69 Å². The van der Waals surface area contributed by atoms with E-state index >= 15 is 0 Å². The molecule has 11 rings (SSSR count). The largest absolute Gasteiger partial charge is 0.845 e. The summed E-state index contributed by atoms with van der Waals surface area (Å²) < 4.78 is 0. The van der Waals surface area contributed by atoms with Crippen molar-refractivity contribution in [2.24, 2.45) is 0 Å². The lowest BCUT2D eigenvalue weighted by Gasteiger charge is -2.33. The second-order valence-electron chi connectivity index (χ2n) is 17.4. The summed E-state index contributed by atoms with van der Waals surface area (Å²) in [7, 11) is 0. The maximum Gasteiger partial charge on any atom is 0.224 e. The summed E-state index contributed by atoms with van der Waals surface area (Å²) in [4.78, 5) is 44.9. The monoisotopic (exact) mass is 884 g/mol. The van der Waals surface area contributed by atoms with Crippen molar-refractivity contribution in [1.29, 1.82) is 0 Å². The molecule has 1 amide bonds. The number of hydrogen-bond acceptors (Lipinski definition) is 5. The van der Waals surface area contributed by atoms with Gasteiger partial charge in [-0.15, -0.1) is 0 Å². The van der Waals surface area contributed by atoms with E-state index in [1.807, 2.05) is 66.7 Å². The third-order valence-electron chi connectivity index (χ3n) is 13.1. The first-order valence-electron chi connectivity index (χ1n) is 23.1. The molecule has 1 atom stereocenters. The van der Waals surface area contributed by atoms with Crippen molar-refractivity contribution < 1.29 is 14.7 Å². The predicted octanol–water partition coefficient (Wildman–Crippen LogP) is 13.4. The van der Waals surface area contributed by atoms with E-state index in [-0.39, 0.29) is 18.1 Å². The summed E-state index contributed by atoms with van der Waals surface area (Å²) in [6, 6.07) is 54.5. The highest BCUT2D eigenvalue weighted by atomic mass is 16.3. The molecule has 3 aliphatic rings. The minimum Gasteiger partial charge on any atom is -0.845 e. The van der Waals surface area contributed by atoms with Crippen LogP contribution in [0.1, 0.15) is 77.4 Å². The number of aromatic nitrogens is 4. The van der Waals surface area contributed by atoms with Gasteiger partial charge in [-0.2, -0.15) is 0 Å². The number of anilines is 1. The van der Waals surface area contributed by atoms with E-state index in [4.69, 9.17) is 9.97 Å². The Bertz CT molecular complexity index is 3490. The Morgan fingerprint density at radius 1 is 0.529 bits per heavy atom. The van der Waals surface area contributed by atoms with E-state index in [0.29, 0.717) is 47.2 Å². The normalized spacial score (nSPS) is 14.0. The predicted molar refractivity (Wildman–Crippen MR) is 274 cm³/mol. The van der Waals surface area contributed by atoms with Crippen LogP contribution in [-0.2, 0) is 4.79 Å². The zero-order chi connectivity index (χ0) is 46.1.